The number of thioether (sulfide) groups is 1. The molecule has 0 radical (unpaired) electrons. The second-order valence-electron chi connectivity index (χ2n) is 4.94. The summed E-state index contributed by atoms with van der Waals surface area (Å²) in [6.07, 6.45) is -2.94. The van der Waals surface area contributed by atoms with Gasteiger partial charge in [0.25, 0.3) is 0 Å². The van der Waals surface area contributed by atoms with Crippen molar-refractivity contribution in [3.63, 3.8) is 0 Å². The maximum absolute atomic E-state index is 12.7. The molecule has 0 spiro atoms. The van der Waals surface area contributed by atoms with Crippen LogP contribution in [0, 0.1) is 0 Å². The molecule has 2 rings (SSSR count). The van der Waals surface area contributed by atoms with Gasteiger partial charge in [0.15, 0.2) is 5.16 Å². The van der Waals surface area contributed by atoms with Gasteiger partial charge in [-0.05, 0) is 11.6 Å². The SMILES string of the molecule is CNC(=O)Cn1c(CO)cnc1SCc1cccc(C(F)(F)F)c1. The molecule has 2 aromatic rings. The number of hydrogen-bond acceptors (Lipinski definition) is 4. The Morgan fingerprint density at radius 3 is 2.79 bits per heavy atom. The maximum atomic E-state index is 12.7. The number of alkyl halides is 3. The molecule has 0 saturated heterocycles. The molecule has 0 aliphatic carbocycles. The molecule has 1 heterocycles. The van der Waals surface area contributed by atoms with E-state index >= 15 is 0 Å². The number of halogens is 3. The van der Waals surface area contributed by atoms with Gasteiger partial charge in [0.1, 0.15) is 6.54 Å². The zero-order chi connectivity index (χ0) is 17.7. The summed E-state index contributed by atoms with van der Waals surface area (Å²) < 4.78 is 39.7. The van der Waals surface area contributed by atoms with E-state index in [-0.39, 0.29) is 24.8 Å². The number of nitrogens with zero attached hydrogens (tertiary/aromatic N) is 2. The van der Waals surface area contributed by atoms with Gasteiger partial charge in [0, 0.05) is 12.8 Å². The highest BCUT2D eigenvalue weighted by Crippen LogP contribution is 2.31. The molecule has 0 atom stereocenters. The molecule has 1 aromatic carbocycles. The monoisotopic (exact) mass is 359 g/mol. The van der Waals surface area contributed by atoms with Crippen molar-refractivity contribution in [3.8, 4) is 0 Å². The van der Waals surface area contributed by atoms with E-state index in [1.54, 1.807) is 6.07 Å². The van der Waals surface area contributed by atoms with E-state index in [0.29, 0.717) is 16.4 Å². The number of carbonyl (C=O) groups is 1. The van der Waals surface area contributed by atoms with E-state index in [0.717, 1.165) is 12.1 Å². The average molecular weight is 359 g/mol. The van der Waals surface area contributed by atoms with Crippen LogP contribution in [-0.4, -0.2) is 27.6 Å². The summed E-state index contributed by atoms with van der Waals surface area (Å²) in [5.74, 6) is 0.00290. The average Bonchev–Trinajstić information content (AvgIpc) is 2.94. The number of amides is 1. The molecule has 24 heavy (non-hydrogen) atoms. The fraction of sp³-hybridized carbons (Fsp3) is 0.333. The van der Waals surface area contributed by atoms with Crippen LogP contribution < -0.4 is 5.32 Å². The number of aromatic nitrogens is 2. The van der Waals surface area contributed by atoms with Crippen molar-refractivity contribution in [2.24, 2.45) is 0 Å². The van der Waals surface area contributed by atoms with Crippen LogP contribution >= 0.6 is 11.8 Å². The Balaban J connectivity index is 2.15. The third-order valence-corrected chi connectivity index (χ3v) is 4.33. The molecule has 0 aliphatic rings. The highest BCUT2D eigenvalue weighted by molar-refractivity contribution is 7.98. The number of aliphatic hydroxyl groups excluding tert-OH is 1. The first-order valence-electron chi connectivity index (χ1n) is 7.00. The van der Waals surface area contributed by atoms with Crippen molar-refractivity contribution in [2.75, 3.05) is 7.05 Å². The molecular weight excluding hydrogens is 343 g/mol. The Bertz CT molecular complexity index is 716. The zero-order valence-electron chi connectivity index (χ0n) is 12.8. The van der Waals surface area contributed by atoms with E-state index < -0.39 is 11.7 Å². The van der Waals surface area contributed by atoms with Crippen molar-refractivity contribution in [2.45, 2.75) is 30.2 Å². The Morgan fingerprint density at radius 2 is 2.17 bits per heavy atom. The fourth-order valence-corrected chi connectivity index (χ4v) is 2.95. The van der Waals surface area contributed by atoms with Crippen LogP contribution in [0.4, 0.5) is 13.2 Å². The Kier molecular flexibility index (Phi) is 5.89. The van der Waals surface area contributed by atoms with Crippen molar-refractivity contribution in [1.29, 1.82) is 0 Å². The number of aliphatic hydroxyl groups is 1. The minimum absolute atomic E-state index is 0.0166. The summed E-state index contributed by atoms with van der Waals surface area (Å²) in [6.45, 7) is -0.300. The lowest BCUT2D eigenvalue weighted by Crippen LogP contribution is -2.24. The van der Waals surface area contributed by atoms with Crippen molar-refractivity contribution in [3.05, 3.63) is 47.3 Å². The maximum Gasteiger partial charge on any atom is 0.416 e. The smallest absolute Gasteiger partial charge is 0.390 e. The van der Waals surface area contributed by atoms with Gasteiger partial charge in [-0.15, -0.1) is 0 Å². The number of hydrogen-bond donors (Lipinski definition) is 2. The van der Waals surface area contributed by atoms with Crippen LogP contribution in [0.2, 0.25) is 0 Å². The summed E-state index contributed by atoms with van der Waals surface area (Å²) in [5.41, 5.74) is 0.255. The topological polar surface area (TPSA) is 67.2 Å². The van der Waals surface area contributed by atoms with Gasteiger partial charge in [-0.2, -0.15) is 13.2 Å². The highest BCUT2D eigenvalue weighted by Gasteiger charge is 2.30. The molecule has 0 aliphatic heterocycles. The van der Waals surface area contributed by atoms with Gasteiger partial charge in [-0.1, -0.05) is 30.0 Å². The van der Waals surface area contributed by atoms with Crippen molar-refractivity contribution in [1.82, 2.24) is 14.9 Å². The number of carbonyl (C=O) groups excluding carboxylic acids is 1. The number of nitrogens with one attached hydrogen (secondary N) is 1. The van der Waals surface area contributed by atoms with Crippen LogP contribution in [-0.2, 0) is 29.9 Å². The lowest BCUT2D eigenvalue weighted by Gasteiger charge is -2.11. The Labute approximate surface area is 140 Å². The van der Waals surface area contributed by atoms with Crippen LogP contribution in [0.1, 0.15) is 16.8 Å². The van der Waals surface area contributed by atoms with Crippen LogP contribution in [0.5, 0.6) is 0 Å². The van der Waals surface area contributed by atoms with E-state index in [1.807, 2.05) is 0 Å². The molecule has 9 heteroatoms. The summed E-state index contributed by atoms with van der Waals surface area (Å²) in [5, 5.41) is 12.2. The first-order chi connectivity index (χ1) is 11.3. The molecule has 0 saturated carbocycles. The van der Waals surface area contributed by atoms with Gasteiger partial charge in [-0.25, -0.2) is 4.98 Å². The number of imidazole rings is 1. The zero-order valence-corrected chi connectivity index (χ0v) is 13.6. The number of likely N-dealkylation sites (N-methyl/N-ethyl adjacent to an activating group) is 1. The second kappa shape index (κ2) is 7.71. The summed E-state index contributed by atoms with van der Waals surface area (Å²) in [6, 6.07) is 5.06. The second-order valence-corrected chi connectivity index (χ2v) is 5.88. The minimum atomic E-state index is -4.39. The molecule has 0 bridgehead atoms. The van der Waals surface area contributed by atoms with E-state index in [9.17, 15) is 23.1 Å². The molecule has 0 unspecified atom stereocenters. The largest absolute Gasteiger partial charge is 0.416 e. The molecule has 1 amide bonds. The Morgan fingerprint density at radius 1 is 1.42 bits per heavy atom. The first-order valence-corrected chi connectivity index (χ1v) is 7.98. The first kappa shape index (κ1) is 18.3. The minimum Gasteiger partial charge on any atom is -0.390 e. The predicted octanol–water partition coefficient (Wildman–Crippen LogP) is 2.43. The van der Waals surface area contributed by atoms with Gasteiger partial charge >= 0.3 is 6.18 Å². The van der Waals surface area contributed by atoms with Crippen LogP contribution in [0.3, 0.4) is 0 Å². The van der Waals surface area contributed by atoms with Crippen LogP contribution in [0.15, 0.2) is 35.6 Å². The van der Waals surface area contributed by atoms with Gasteiger partial charge in [0.2, 0.25) is 5.91 Å². The third kappa shape index (κ3) is 4.51. The predicted molar refractivity (Wildman–Crippen MR) is 83.2 cm³/mol. The summed E-state index contributed by atoms with van der Waals surface area (Å²) in [7, 11) is 1.49. The van der Waals surface area contributed by atoms with Gasteiger partial charge < -0.3 is 15.0 Å². The molecule has 1 aromatic heterocycles. The lowest BCUT2D eigenvalue weighted by molar-refractivity contribution is -0.137. The van der Waals surface area contributed by atoms with Crippen molar-refractivity contribution < 1.29 is 23.1 Å². The quantitative estimate of drug-likeness (QED) is 0.778. The summed E-state index contributed by atoms with van der Waals surface area (Å²) in [4.78, 5) is 15.7. The molecule has 130 valence electrons. The Hall–Kier alpha value is -2.00. The van der Waals surface area contributed by atoms with Crippen LogP contribution in [0.25, 0.3) is 0 Å². The van der Waals surface area contributed by atoms with Crippen molar-refractivity contribution >= 4 is 17.7 Å². The van der Waals surface area contributed by atoms with Gasteiger partial charge in [-0.3, -0.25) is 4.79 Å². The van der Waals surface area contributed by atoms with E-state index in [4.69, 9.17) is 0 Å². The summed E-state index contributed by atoms with van der Waals surface area (Å²) >= 11 is 1.20. The lowest BCUT2D eigenvalue weighted by atomic mass is 10.1. The van der Waals surface area contributed by atoms with Gasteiger partial charge in [0.05, 0.1) is 24.1 Å². The normalized spacial score (nSPS) is 11.5. The highest BCUT2D eigenvalue weighted by atomic mass is 32.2. The van der Waals surface area contributed by atoms with E-state index in [2.05, 4.69) is 10.3 Å². The number of benzene rings is 1. The fourth-order valence-electron chi connectivity index (χ4n) is 2.01. The standard InChI is InChI=1S/C15H16F3N3O2S/c1-19-13(23)7-21-12(8-22)6-20-14(21)24-9-10-3-2-4-11(5-10)15(16,17)18/h2-6,22H,7-9H2,1H3,(H,19,23). The van der Waals surface area contributed by atoms with E-state index in [1.165, 1.54) is 35.6 Å². The number of rotatable bonds is 6. The third-order valence-electron chi connectivity index (χ3n) is 3.27. The molecule has 5 nitrogen and oxygen atoms in total. The molecule has 0 fully saturated rings. The molecule has 2 N–H and O–H groups in total. The molecular formula is C15H16F3N3O2S.